The first kappa shape index (κ1) is 13.3. The highest BCUT2D eigenvalue weighted by molar-refractivity contribution is 5.00. The van der Waals surface area contributed by atoms with Gasteiger partial charge in [-0.3, -0.25) is 0 Å². The Balaban J connectivity index is 2.07. The lowest BCUT2D eigenvalue weighted by Gasteiger charge is -2.51. The van der Waals surface area contributed by atoms with Crippen LogP contribution >= 0.6 is 0 Å². The second kappa shape index (κ2) is 4.87. The Kier molecular flexibility index (Phi) is 3.81. The van der Waals surface area contributed by atoms with Crippen molar-refractivity contribution in [3.05, 3.63) is 0 Å². The Morgan fingerprint density at radius 1 is 1.47 bits per heavy atom. The molecule has 2 fully saturated rings. The summed E-state index contributed by atoms with van der Waals surface area (Å²) < 4.78 is 11.2. The van der Waals surface area contributed by atoms with Gasteiger partial charge in [0.25, 0.3) is 0 Å². The summed E-state index contributed by atoms with van der Waals surface area (Å²) in [5.74, 6) is 0.541. The highest BCUT2D eigenvalue weighted by atomic mass is 16.5. The van der Waals surface area contributed by atoms with E-state index in [9.17, 15) is 5.11 Å². The van der Waals surface area contributed by atoms with E-state index in [0.717, 1.165) is 19.4 Å². The summed E-state index contributed by atoms with van der Waals surface area (Å²) in [6, 6.07) is 0. The maximum Gasteiger partial charge on any atom is 0.0932 e. The Bertz CT molecular complexity index is 260. The molecule has 1 heterocycles. The number of rotatable bonds is 4. The number of methoxy groups -OCH3 is 1. The molecular weight excluding hydrogens is 216 g/mol. The van der Waals surface area contributed by atoms with Crippen LogP contribution in [0.2, 0.25) is 0 Å². The first-order chi connectivity index (χ1) is 8.02. The molecule has 0 radical (unpaired) electrons. The largest absolute Gasteiger partial charge is 0.387 e. The van der Waals surface area contributed by atoms with Crippen LogP contribution in [-0.2, 0) is 9.47 Å². The molecule has 100 valence electrons. The average molecular weight is 242 g/mol. The number of aliphatic hydroxyl groups is 1. The van der Waals surface area contributed by atoms with E-state index in [1.54, 1.807) is 7.11 Å². The minimum Gasteiger partial charge on any atom is -0.387 e. The molecule has 3 nitrogen and oxygen atoms in total. The zero-order valence-corrected chi connectivity index (χ0v) is 11.4. The Labute approximate surface area is 104 Å². The smallest absolute Gasteiger partial charge is 0.0932 e. The van der Waals surface area contributed by atoms with E-state index in [1.807, 2.05) is 0 Å². The van der Waals surface area contributed by atoms with Gasteiger partial charge >= 0.3 is 0 Å². The van der Waals surface area contributed by atoms with Crippen LogP contribution in [0.4, 0.5) is 0 Å². The highest BCUT2D eigenvalue weighted by Gasteiger charge is 2.49. The third-order valence-corrected chi connectivity index (χ3v) is 4.84. The lowest BCUT2D eigenvalue weighted by molar-refractivity contribution is -0.194. The molecule has 1 spiro atoms. The van der Waals surface area contributed by atoms with Crippen LogP contribution < -0.4 is 0 Å². The van der Waals surface area contributed by atoms with Crippen molar-refractivity contribution in [2.45, 2.75) is 57.2 Å². The number of ether oxygens (including phenoxy) is 2. The molecule has 2 atom stereocenters. The molecule has 0 bridgehead atoms. The van der Waals surface area contributed by atoms with Crippen molar-refractivity contribution in [1.82, 2.24) is 0 Å². The third-order valence-electron chi connectivity index (χ3n) is 4.84. The lowest BCUT2D eigenvalue weighted by Crippen LogP contribution is -2.55. The minimum absolute atomic E-state index is 0.0968. The fraction of sp³-hybridized carbons (Fsp3) is 1.00. The topological polar surface area (TPSA) is 38.7 Å². The summed E-state index contributed by atoms with van der Waals surface area (Å²) in [6.07, 6.45) is 5.58. The quantitative estimate of drug-likeness (QED) is 0.822. The van der Waals surface area contributed by atoms with Gasteiger partial charge in [0.2, 0.25) is 0 Å². The molecule has 1 aliphatic carbocycles. The van der Waals surface area contributed by atoms with E-state index >= 15 is 0 Å². The van der Waals surface area contributed by atoms with E-state index in [2.05, 4.69) is 13.8 Å². The zero-order valence-electron chi connectivity index (χ0n) is 11.4. The normalized spacial score (nSPS) is 31.2. The van der Waals surface area contributed by atoms with Gasteiger partial charge in [-0.2, -0.15) is 0 Å². The monoisotopic (exact) mass is 242 g/mol. The second-order valence-electron chi connectivity index (χ2n) is 6.15. The van der Waals surface area contributed by atoms with Gasteiger partial charge in [-0.05, 0) is 43.9 Å². The van der Waals surface area contributed by atoms with Crippen LogP contribution in [0.5, 0.6) is 0 Å². The second-order valence-corrected chi connectivity index (χ2v) is 6.15. The fourth-order valence-electron chi connectivity index (χ4n) is 3.36. The molecule has 0 aromatic heterocycles. The van der Waals surface area contributed by atoms with E-state index in [-0.39, 0.29) is 11.5 Å². The maximum atomic E-state index is 10.9. The Morgan fingerprint density at radius 3 is 2.65 bits per heavy atom. The predicted molar refractivity (Wildman–Crippen MR) is 66.9 cm³/mol. The van der Waals surface area contributed by atoms with Crippen LogP contribution in [-0.4, -0.2) is 36.6 Å². The van der Waals surface area contributed by atoms with E-state index in [0.29, 0.717) is 12.5 Å². The fourth-order valence-corrected chi connectivity index (χ4v) is 3.36. The molecule has 2 unspecified atom stereocenters. The molecule has 1 saturated carbocycles. The van der Waals surface area contributed by atoms with Crippen LogP contribution in [0, 0.1) is 11.8 Å². The molecule has 1 saturated heterocycles. The third kappa shape index (κ3) is 2.38. The molecule has 0 amide bonds. The number of hydrogen-bond donors (Lipinski definition) is 1. The molecule has 17 heavy (non-hydrogen) atoms. The summed E-state index contributed by atoms with van der Waals surface area (Å²) >= 11 is 0. The maximum absolute atomic E-state index is 10.9. The van der Waals surface area contributed by atoms with Gasteiger partial charge in [-0.1, -0.05) is 13.8 Å². The SMILES string of the molecule is COCC(O)(C(C)C)C1CCOC2(CCC2)C1. The lowest BCUT2D eigenvalue weighted by atomic mass is 9.65. The van der Waals surface area contributed by atoms with Crippen LogP contribution in [0.25, 0.3) is 0 Å². The van der Waals surface area contributed by atoms with Gasteiger partial charge < -0.3 is 14.6 Å². The van der Waals surface area contributed by atoms with Gasteiger partial charge in [-0.25, -0.2) is 0 Å². The van der Waals surface area contributed by atoms with Crippen molar-refractivity contribution >= 4 is 0 Å². The van der Waals surface area contributed by atoms with Crippen molar-refractivity contribution in [2.24, 2.45) is 11.8 Å². The molecule has 2 rings (SSSR count). The number of hydrogen-bond acceptors (Lipinski definition) is 3. The van der Waals surface area contributed by atoms with Gasteiger partial charge in [0, 0.05) is 13.7 Å². The molecule has 3 heteroatoms. The average Bonchev–Trinajstić information content (AvgIpc) is 2.27. The molecule has 0 aromatic carbocycles. The zero-order chi connectivity index (χ0) is 12.5. The first-order valence-electron chi connectivity index (χ1n) is 6.88. The van der Waals surface area contributed by atoms with Crippen molar-refractivity contribution in [1.29, 1.82) is 0 Å². The molecule has 1 N–H and O–H groups in total. The van der Waals surface area contributed by atoms with Crippen molar-refractivity contribution < 1.29 is 14.6 Å². The van der Waals surface area contributed by atoms with Crippen LogP contribution in [0.15, 0.2) is 0 Å². The highest BCUT2D eigenvalue weighted by Crippen LogP contribution is 2.48. The molecular formula is C14H26O3. The Morgan fingerprint density at radius 2 is 2.18 bits per heavy atom. The summed E-state index contributed by atoms with van der Waals surface area (Å²) in [7, 11) is 1.67. The standard InChI is InChI=1S/C14H26O3/c1-11(2)14(15,10-16-3)12-5-8-17-13(9-12)6-4-7-13/h11-12,15H,4-10H2,1-3H3. The summed E-state index contributed by atoms with van der Waals surface area (Å²) in [4.78, 5) is 0. The van der Waals surface area contributed by atoms with E-state index < -0.39 is 5.60 Å². The van der Waals surface area contributed by atoms with Gasteiger partial charge in [0.1, 0.15) is 0 Å². The van der Waals surface area contributed by atoms with Gasteiger partial charge in [0.05, 0.1) is 17.8 Å². The van der Waals surface area contributed by atoms with Crippen LogP contribution in [0.1, 0.15) is 46.0 Å². The summed E-state index contributed by atoms with van der Waals surface area (Å²) in [5, 5.41) is 10.9. The van der Waals surface area contributed by atoms with Crippen molar-refractivity contribution in [2.75, 3.05) is 20.3 Å². The molecule has 1 aliphatic heterocycles. The van der Waals surface area contributed by atoms with E-state index in [1.165, 1.54) is 19.3 Å². The van der Waals surface area contributed by atoms with Crippen LogP contribution in [0.3, 0.4) is 0 Å². The van der Waals surface area contributed by atoms with Gasteiger partial charge in [0.15, 0.2) is 0 Å². The summed E-state index contributed by atoms with van der Waals surface area (Å²) in [5.41, 5.74) is -0.597. The van der Waals surface area contributed by atoms with Gasteiger partial charge in [-0.15, -0.1) is 0 Å². The van der Waals surface area contributed by atoms with Crippen molar-refractivity contribution in [3.8, 4) is 0 Å². The van der Waals surface area contributed by atoms with Crippen molar-refractivity contribution in [3.63, 3.8) is 0 Å². The molecule has 0 aromatic rings. The summed E-state index contributed by atoms with van der Waals surface area (Å²) in [6.45, 7) is 5.40. The molecule has 2 aliphatic rings. The predicted octanol–water partition coefficient (Wildman–Crippen LogP) is 2.37. The minimum atomic E-state index is -0.693. The van der Waals surface area contributed by atoms with E-state index in [4.69, 9.17) is 9.47 Å². The first-order valence-corrected chi connectivity index (χ1v) is 6.88. The Hall–Kier alpha value is -0.120.